The minimum Gasteiger partial charge on any atom is -0.465 e. The van der Waals surface area contributed by atoms with Gasteiger partial charge in [0, 0.05) is 50.4 Å². The fourth-order valence-electron chi connectivity index (χ4n) is 7.84. The Hall–Kier alpha value is -6.47. The van der Waals surface area contributed by atoms with Crippen molar-refractivity contribution in [3.8, 4) is 11.5 Å². The van der Waals surface area contributed by atoms with Crippen molar-refractivity contribution in [1.29, 1.82) is 0 Å². The number of pyridine rings is 1. The van der Waals surface area contributed by atoms with Crippen molar-refractivity contribution < 1.29 is 45.6 Å². The summed E-state index contributed by atoms with van der Waals surface area (Å²) in [5, 5.41) is 15.2. The van der Waals surface area contributed by atoms with Crippen LogP contribution in [-0.4, -0.2) is 86.0 Å². The fourth-order valence-corrected chi connectivity index (χ4v) is 8.82. The van der Waals surface area contributed by atoms with E-state index in [0.29, 0.717) is 44.1 Å². The number of carbonyl (C=O) groups is 2. The highest BCUT2D eigenvalue weighted by Crippen LogP contribution is 2.44. The zero-order valence-electron chi connectivity index (χ0n) is 34.8. The summed E-state index contributed by atoms with van der Waals surface area (Å²) in [7, 11) is -4.70. The molecule has 1 fully saturated rings. The predicted octanol–water partition coefficient (Wildman–Crippen LogP) is 8.16. The highest BCUT2D eigenvalue weighted by molar-refractivity contribution is 7.90. The molecule has 19 heteroatoms. The fraction of sp³-hybridized carbons (Fsp3) is 0.341. The van der Waals surface area contributed by atoms with E-state index in [9.17, 15) is 41.3 Å². The number of hydrogen-bond acceptors (Lipinski definition) is 12. The lowest BCUT2D eigenvalue weighted by atomic mass is 9.72. The molecule has 63 heavy (non-hydrogen) atoms. The summed E-state index contributed by atoms with van der Waals surface area (Å²) >= 11 is 0. The van der Waals surface area contributed by atoms with Crippen LogP contribution in [0.5, 0.6) is 11.5 Å². The molecule has 0 bridgehead atoms. The molecule has 1 aliphatic carbocycles. The number of ether oxygens (including phenoxy) is 2. The highest BCUT2D eigenvalue weighted by atomic mass is 32.2. The number of benzene rings is 3. The van der Waals surface area contributed by atoms with Crippen LogP contribution >= 0.6 is 0 Å². The molecule has 0 spiro atoms. The molecule has 2 aromatic heterocycles. The van der Waals surface area contributed by atoms with Crippen LogP contribution in [0.3, 0.4) is 0 Å². The van der Waals surface area contributed by atoms with Crippen LogP contribution in [0.25, 0.3) is 16.6 Å². The molecule has 0 atom stereocenters. The quantitative estimate of drug-likeness (QED) is 0.0552. The molecule has 1 saturated heterocycles. The van der Waals surface area contributed by atoms with Crippen molar-refractivity contribution in [3.63, 3.8) is 0 Å². The van der Waals surface area contributed by atoms with Crippen LogP contribution in [-0.2, 0) is 25.7 Å². The summed E-state index contributed by atoms with van der Waals surface area (Å²) in [6.45, 7) is 8.44. The van der Waals surface area contributed by atoms with Crippen LogP contribution < -0.4 is 19.7 Å². The molecular weight excluding hydrogens is 844 g/mol. The largest absolute Gasteiger partial charge is 0.465 e. The van der Waals surface area contributed by atoms with Gasteiger partial charge in [0.25, 0.3) is 21.6 Å². The molecule has 0 unspecified atom stereocenters. The van der Waals surface area contributed by atoms with Crippen LogP contribution in [0, 0.1) is 15.5 Å². The summed E-state index contributed by atoms with van der Waals surface area (Å²) in [5.74, 6) is -1.40. The van der Waals surface area contributed by atoms with E-state index in [1.54, 1.807) is 49.5 Å². The van der Waals surface area contributed by atoms with Crippen molar-refractivity contribution in [2.75, 3.05) is 56.1 Å². The standard InChI is InChI=1S/C44H46F3N7O8S/c1-4-61-39(55)26-49-36-13-12-33(23-38(36)54(57)58)63(59,60)51-42(56)34-6-5-7-37(40(34)62-32-22-29-15-17-48-41(29)50-25-32)53-20-18-52(19-21-53)27-30-14-16-43(2,3)24-35(30)28-8-10-31(11-9-28)44(45,46)47/h5-13,15,17,22-23,25,49H,4,14,16,18-21,24,26-27H2,1-3H3,(H,48,50)(H,51,56). The molecule has 0 saturated carbocycles. The van der Waals surface area contributed by atoms with Gasteiger partial charge in [-0.25, -0.2) is 18.1 Å². The number of nitrogens with zero attached hydrogens (tertiary/aromatic N) is 4. The lowest BCUT2D eigenvalue weighted by Gasteiger charge is -2.39. The Labute approximate surface area is 361 Å². The Bertz CT molecular complexity index is 2680. The zero-order chi connectivity index (χ0) is 45.1. The van der Waals surface area contributed by atoms with Gasteiger partial charge in [-0.1, -0.05) is 37.6 Å². The third-order valence-electron chi connectivity index (χ3n) is 11.1. The van der Waals surface area contributed by atoms with Crippen LogP contribution in [0.1, 0.15) is 61.5 Å². The second-order valence-corrected chi connectivity index (χ2v) is 17.8. The maximum atomic E-state index is 14.0. The minimum atomic E-state index is -4.70. The van der Waals surface area contributed by atoms with E-state index in [2.05, 4.69) is 34.0 Å². The molecule has 1 amide bonds. The van der Waals surface area contributed by atoms with Crippen molar-refractivity contribution in [1.82, 2.24) is 19.6 Å². The normalized spacial score (nSPS) is 15.9. The number of para-hydroxylation sites is 1. The number of anilines is 2. The van der Waals surface area contributed by atoms with E-state index in [0.717, 1.165) is 66.1 Å². The Morgan fingerprint density at radius 2 is 1.76 bits per heavy atom. The first kappa shape index (κ1) is 44.6. The lowest BCUT2D eigenvalue weighted by molar-refractivity contribution is -0.384. The zero-order valence-corrected chi connectivity index (χ0v) is 35.6. The maximum Gasteiger partial charge on any atom is 0.416 e. The number of halogens is 3. The number of H-pyrrole nitrogens is 1. The number of aromatic amines is 1. The van der Waals surface area contributed by atoms with E-state index in [4.69, 9.17) is 9.47 Å². The summed E-state index contributed by atoms with van der Waals surface area (Å²) in [5.41, 5.74) is 2.53. The Kier molecular flexibility index (Phi) is 12.8. The third-order valence-corrected chi connectivity index (χ3v) is 12.5. The third kappa shape index (κ3) is 10.4. The topological polar surface area (TPSA) is 189 Å². The van der Waals surface area contributed by atoms with Crippen molar-refractivity contribution in [2.24, 2.45) is 5.41 Å². The molecule has 7 rings (SSSR count). The van der Waals surface area contributed by atoms with Gasteiger partial charge in [0.05, 0.1) is 39.4 Å². The SMILES string of the molecule is CCOC(=O)CNc1ccc(S(=O)(=O)NC(=O)c2cccc(N3CCN(CC4=C(c5ccc(C(F)(F)F)cc5)CC(C)(C)CC4)CC3)c2Oc2cnc3[nH]ccc3c2)cc1[N+](=O)[O-]. The maximum absolute atomic E-state index is 14.0. The number of fused-ring (bicyclic) bond motifs is 1. The van der Waals surface area contributed by atoms with Gasteiger partial charge in [-0.15, -0.1) is 0 Å². The van der Waals surface area contributed by atoms with E-state index in [1.807, 2.05) is 9.62 Å². The van der Waals surface area contributed by atoms with Crippen molar-refractivity contribution in [2.45, 2.75) is 51.1 Å². The number of nitro groups is 1. The van der Waals surface area contributed by atoms with Gasteiger partial charge in [0.2, 0.25) is 0 Å². The van der Waals surface area contributed by atoms with Gasteiger partial charge < -0.3 is 24.7 Å². The van der Waals surface area contributed by atoms with E-state index in [1.165, 1.54) is 17.8 Å². The highest BCUT2D eigenvalue weighted by Gasteiger charge is 2.33. The average Bonchev–Trinajstić information content (AvgIpc) is 3.72. The first-order valence-electron chi connectivity index (χ1n) is 20.3. The first-order valence-corrected chi connectivity index (χ1v) is 21.7. The molecule has 332 valence electrons. The number of hydrogen-bond donors (Lipinski definition) is 3. The summed E-state index contributed by atoms with van der Waals surface area (Å²) < 4.78 is 80.8. The van der Waals surface area contributed by atoms with Gasteiger partial charge in [-0.2, -0.15) is 13.2 Å². The average molecular weight is 890 g/mol. The molecule has 5 aromatic rings. The monoisotopic (exact) mass is 889 g/mol. The van der Waals surface area contributed by atoms with Crippen molar-refractivity contribution >= 4 is 55.6 Å². The van der Waals surface area contributed by atoms with E-state index < -0.39 is 55.7 Å². The van der Waals surface area contributed by atoms with Gasteiger partial charge >= 0.3 is 12.1 Å². The van der Waals surface area contributed by atoms with Crippen LogP contribution in [0.4, 0.5) is 30.2 Å². The summed E-state index contributed by atoms with van der Waals surface area (Å²) in [4.78, 5) is 48.2. The van der Waals surface area contributed by atoms with E-state index in [-0.39, 0.29) is 34.8 Å². The van der Waals surface area contributed by atoms with Crippen molar-refractivity contribution in [3.05, 3.63) is 118 Å². The minimum absolute atomic E-state index is 0.0130. The molecule has 3 heterocycles. The van der Waals surface area contributed by atoms with E-state index >= 15 is 0 Å². The molecule has 2 aliphatic rings. The number of alkyl halides is 3. The number of aromatic nitrogens is 2. The smallest absolute Gasteiger partial charge is 0.416 e. The molecular formula is C44H46F3N7O8S. The predicted molar refractivity (Wildman–Crippen MR) is 230 cm³/mol. The second kappa shape index (κ2) is 18.1. The van der Waals surface area contributed by atoms with Gasteiger partial charge in [0.1, 0.15) is 23.6 Å². The number of nitro benzene ring substituents is 1. The molecule has 3 N–H and O–H groups in total. The first-order chi connectivity index (χ1) is 29.9. The van der Waals surface area contributed by atoms with Gasteiger partial charge in [-0.05, 0) is 91.3 Å². The number of nitrogens with one attached hydrogen (secondary N) is 3. The Morgan fingerprint density at radius 3 is 2.46 bits per heavy atom. The second-order valence-electron chi connectivity index (χ2n) is 16.1. The van der Waals surface area contributed by atoms with Crippen LogP contribution in [0.2, 0.25) is 0 Å². The Morgan fingerprint density at radius 1 is 1.02 bits per heavy atom. The number of rotatable bonds is 14. The molecule has 3 aromatic carbocycles. The number of amides is 1. The van der Waals surface area contributed by atoms with Gasteiger partial charge in [-0.3, -0.25) is 24.6 Å². The van der Waals surface area contributed by atoms with Crippen LogP contribution in [0.15, 0.2) is 95.7 Å². The number of allylic oxidation sites excluding steroid dienone is 1. The molecule has 0 radical (unpaired) electrons. The molecule has 1 aliphatic heterocycles. The van der Waals surface area contributed by atoms with Gasteiger partial charge in [0.15, 0.2) is 5.75 Å². The lowest BCUT2D eigenvalue weighted by Crippen LogP contribution is -2.47. The Balaban J connectivity index is 1.14. The summed E-state index contributed by atoms with van der Waals surface area (Å²) in [6, 6.07) is 16.6. The summed E-state index contributed by atoms with van der Waals surface area (Å²) in [6.07, 6.45) is 1.24. The molecule has 15 nitrogen and oxygen atoms in total. The number of carbonyl (C=O) groups excluding carboxylic acids is 2. The number of piperazine rings is 1. The number of esters is 1. The number of sulfonamides is 1.